The maximum atomic E-state index is 4.46. The standard InChI is InChI=1S/C22H39N5.HI/c1-7-26(8-2)15-20-12-10-9-11-19(20)13-24-22(23-6)25-21-16-27(17(3)4)14-18(21)5;/h9-12,17-18,21H,7-8,13-16H2,1-6H3,(H2,23,24,25);1H. The third-order valence-corrected chi connectivity index (χ3v) is 5.77. The number of hydrogen-bond donors (Lipinski definition) is 2. The molecule has 1 aliphatic heterocycles. The van der Waals surface area contributed by atoms with Crippen LogP contribution >= 0.6 is 24.0 Å². The van der Waals surface area contributed by atoms with Crippen LogP contribution in [0, 0.1) is 5.92 Å². The van der Waals surface area contributed by atoms with Crippen molar-refractivity contribution in [3.63, 3.8) is 0 Å². The number of likely N-dealkylation sites (tertiary alicyclic amines) is 1. The smallest absolute Gasteiger partial charge is 0.191 e. The number of nitrogens with zero attached hydrogens (tertiary/aromatic N) is 3. The predicted octanol–water partition coefficient (Wildman–Crippen LogP) is 3.54. The molecule has 1 fully saturated rings. The van der Waals surface area contributed by atoms with Crippen LogP contribution in [-0.2, 0) is 13.1 Å². The van der Waals surface area contributed by atoms with Gasteiger partial charge in [0.15, 0.2) is 5.96 Å². The summed E-state index contributed by atoms with van der Waals surface area (Å²) in [6.45, 7) is 17.5. The van der Waals surface area contributed by atoms with Crippen LogP contribution in [0.25, 0.3) is 0 Å². The van der Waals surface area contributed by atoms with Crippen LogP contribution in [0.4, 0.5) is 0 Å². The van der Waals surface area contributed by atoms with E-state index in [0.29, 0.717) is 18.0 Å². The Labute approximate surface area is 189 Å². The molecule has 1 aromatic rings. The van der Waals surface area contributed by atoms with Crippen LogP contribution in [0.5, 0.6) is 0 Å². The Hall–Kier alpha value is -0.860. The fourth-order valence-electron chi connectivity index (χ4n) is 3.74. The SMILES string of the molecule is CCN(CC)Cc1ccccc1CNC(=NC)NC1CN(C(C)C)CC1C.I. The zero-order valence-electron chi connectivity index (χ0n) is 18.5. The van der Waals surface area contributed by atoms with Crippen molar-refractivity contribution in [2.45, 2.75) is 59.8 Å². The van der Waals surface area contributed by atoms with Crippen LogP contribution in [0.1, 0.15) is 45.7 Å². The number of benzene rings is 1. The summed E-state index contributed by atoms with van der Waals surface area (Å²) in [6, 6.07) is 9.77. The molecule has 0 bridgehead atoms. The van der Waals surface area contributed by atoms with Gasteiger partial charge in [-0.05, 0) is 44.0 Å². The number of nitrogens with one attached hydrogen (secondary N) is 2. The molecule has 1 aromatic carbocycles. The highest BCUT2D eigenvalue weighted by Crippen LogP contribution is 2.18. The number of rotatable bonds is 8. The lowest BCUT2D eigenvalue weighted by molar-refractivity contribution is 0.265. The van der Waals surface area contributed by atoms with Crippen molar-refractivity contribution >= 4 is 29.9 Å². The summed E-state index contributed by atoms with van der Waals surface area (Å²) in [5, 5.41) is 7.17. The van der Waals surface area contributed by atoms with Gasteiger partial charge in [0.2, 0.25) is 0 Å². The van der Waals surface area contributed by atoms with E-state index in [1.165, 1.54) is 11.1 Å². The number of hydrogen-bond acceptors (Lipinski definition) is 3. The largest absolute Gasteiger partial charge is 0.352 e. The molecule has 0 aliphatic carbocycles. The van der Waals surface area contributed by atoms with E-state index < -0.39 is 0 Å². The van der Waals surface area contributed by atoms with Gasteiger partial charge in [0, 0.05) is 45.3 Å². The lowest BCUT2D eigenvalue weighted by Crippen LogP contribution is -2.46. The molecule has 6 heteroatoms. The summed E-state index contributed by atoms with van der Waals surface area (Å²) in [7, 11) is 1.86. The van der Waals surface area contributed by atoms with Crippen molar-refractivity contribution in [3.8, 4) is 0 Å². The Balaban J connectivity index is 0.00000392. The van der Waals surface area contributed by atoms with E-state index in [-0.39, 0.29) is 24.0 Å². The zero-order valence-corrected chi connectivity index (χ0v) is 20.9. The van der Waals surface area contributed by atoms with Crippen LogP contribution in [0.3, 0.4) is 0 Å². The first-order chi connectivity index (χ1) is 13.0. The molecule has 2 rings (SSSR count). The van der Waals surface area contributed by atoms with Gasteiger partial charge in [-0.25, -0.2) is 0 Å². The van der Waals surface area contributed by atoms with Gasteiger partial charge in [-0.15, -0.1) is 24.0 Å². The van der Waals surface area contributed by atoms with Crippen LogP contribution in [-0.4, -0.2) is 61.1 Å². The average molecular weight is 502 g/mol. The summed E-state index contributed by atoms with van der Waals surface area (Å²) in [6.07, 6.45) is 0. The van der Waals surface area contributed by atoms with Gasteiger partial charge in [0.05, 0.1) is 0 Å². The second-order valence-corrected chi connectivity index (χ2v) is 7.93. The average Bonchev–Trinajstić information content (AvgIpc) is 3.04. The zero-order chi connectivity index (χ0) is 19.8. The van der Waals surface area contributed by atoms with E-state index in [0.717, 1.165) is 45.2 Å². The highest BCUT2D eigenvalue weighted by atomic mass is 127. The van der Waals surface area contributed by atoms with Gasteiger partial charge in [0.1, 0.15) is 0 Å². The number of guanidine groups is 1. The van der Waals surface area contributed by atoms with Gasteiger partial charge in [-0.3, -0.25) is 14.8 Å². The van der Waals surface area contributed by atoms with Crippen LogP contribution in [0.15, 0.2) is 29.3 Å². The van der Waals surface area contributed by atoms with Crippen molar-refractivity contribution in [1.29, 1.82) is 0 Å². The Morgan fingerprint density at radius 1 is 1.18 bits per heavy atom. The van der Waals surface area contributed by atoms with E-state index in [1.54, 1.807) is 0 Å². The molecule has 0 radical (unpaired) electrons. The first-order valence-corrected chi connectivity index (χ1v) is 10.5. The van der Waals surface area contributed by atoms with E-state index >= 15 is 0 Å². The summed E-state index contributed by atoms with van der Waals surface area (Å²) < 4.78 is 0. The van der Waals surface area contributed by atoms with Gasteiger partial charge < -0.3 is 10.6 Å². The summed E-state index contributed by atoms with van der Waals surface area (Å²) in [5.74, 6) is 1.52. The van der Waals surface area contributed by atoms with Gasteiger partial charge in [-0.2, -0.15) is 0 Å². The fourth-order valence-corrected chi connectivity index (χ4v) is 3.74. The van der Waals surface area contributed by atoms with Gasteiger partial charge >= 0.3 is 0 Å². The van der Waals surface area contributed by atoms with Crippen molar-refractivity contribution in [2.24, 2.45) is 10.9 Å². The maximum Gasteiger partial charge on any atom is 0.191 e. The Kier molecular flexibility index (Phi) is 11.4. The van der Waals surface area contributed by atoms with Crippen LogP contribution in [0.2, 0.25) is 0 Å². The van der Waals surface area contributed by atoms with Crippen molar-refractivity contribution < 1.29 is 0 Å². The highest BCUT2D eigenvalue weighted by molar-refractivity contribution is 14.0. The predicted molar refractivity (Wildman–Crippen MR) is 131 cm³/mol. The normalized spacial score (nSPS) is 20.5. The monoisotopic (exact) mass is 501 g/mol. The molecule has 1 aliphatic rings. The van der Waals surface area contributed by atoms with E-state index in [4.69, 9.17) is 0 Å². The number of halogens is 1. The molecular weight excluding hydrogens is 461 g/mol. The Morgan fingerprint density at radius 3 is 2.36 bits per heavy atom. The molecule has 1 saturated heterocycles. The maximum absolute atomic E-state index is 4.46. The summed E-state index contributed by atoms with van der Waals surface area (Å²) in [5.41, 5.74) is 2.74. The summed E-state index contributed by atoms with van der Waals surface area (Å²) in [4.78, 5) is 9.45. The van der Waals surface area contributed by atoms with Crippen molar-refractivity contribution in [2.75, 3.05) is 33.2 Å². The molecular formula is C22H40IN5. The molecule has 160 valence electrons. The lowest BCUT2D eigenvalue weighted by atomic mass is 10.1. The first-order valence-electron chi connectivity index (χ1n) is 10.5. The third-order valence-electron chi connectivity index (χ3n) is 5.77. The van der Waals surface area contributed by atoms with Crippen LogP contribution < -0.4 is 10.6 Å². The van der Waals surface area contributed by atoms with Crippen molar-refractivity contribution in [3.05, 3.63) is 35.4 Å². The minimum atomic E-state index is 0. The van der Waals surface area contributed by atoms with E-state index in [1.807, 2.05) is 7.05 Å². The second-order valence-electron chi connectivity index (χ2n) is 7.93. The van der Waals surface area contributed by atoms with Gasteiger partial charge in [0.25, 0.3) is 0 Å². The molecule has 0 amide bonds. The Bertz CT molecular complexity index is 600. The molecule has 2 atom stereocenters. The number of aliphatic imine (C=N–C) groups is 1. The lowest BCUT2D eigenvalue weighted by Gasteiger charge is -2.23. The molecule has 2 unspecified atom stereocenters. The minimum Gasteiger partial charge on any atom is -0.352 e. The topological polar surface area (TPSA) is 42.9 Å². The second kappa shape index (κ2) is 12.6. The van der Waals surface area contributed by atoms with E-state index in [9.17, 15) is 0 Å². The quantitative estimate of drug-likeness (QED) is 0.325. The third kappa shape index (κ3) is 7.19. The molecule has 0 saturated carbocycles. The highest BCUT2D eigenvalue weighted by Gasteiger charge is 2.31. The summed E-state index contributed by atoms with van der Waals surface area (Å²) >= 11 is 0. The van der Waals surface area contributed by atoms with Gasteiger partial charge in [-0.1, -0.05) is 45.0 Å². The molecule has 28 heavy (non-hydrogen) atoms. The minimum absolute atomic E-state index is 0. The molecule has 0 aromatic heterocycles. The molecule has 5 nitrogen and oxygen atoms in total. The van der Waals surface area contributed by atoms with E-state index in [2.05, 4.69) is 84.3 Å². The first kappa shape index (κ1) is 25.2. The molecule has 2 N–H and O–H groups in total. The molecule has 0 spiro atoms. The Morgan fingerprint density at radius 2 is 1.82 bits per heavy atom. The molecule has 1 heterocycles. The van der Waals surface area contributed by atoms with Crippen molar-refractivity contribution in [1.82, 2.24) is 20.4 Å². The fraction of sp³-hybridized carbons (Fsp3) is 0.682.